The van der Waals surface area contributed by atoms with E-state index in [0.717, 1.165) is 12.8 Å². The van der Waals surface area contributed by atoms with Gasteiger partial charge in [0.2, 0.25) is 0 Å². The highest BCUT2D eigenvalue weighted by molar-refractivity contribution is 5.66. The van der Waals surface area contributed by atoms with Gasteiger partial charge in [-0.15, -0.1) is 0 Å². The van der Waals surface area contributed by atoms with Crippen molar-refractivity contribution in [2.45, 2.75) is 132 Å². The lowest BCUT2D eigenvalue weighted by Gasteiger charge is -2.00. The van der Waals surface area contributed by atoms with Crippen LogP contribution in [0.4, 0.5) is 0 Å². The standard InChI is InChI=1S/C12H24O2.10C3H8O3/c1-2-3-4-5-6-7-8-9-10-11-12(13)14;10*4-1-3(6)2-5/h2-11H2,1H3,(H,13,14);10*3-6H,1-2H2. The molecule has 0 aromatic rings. The third-order valence-corrected chi connectivity index (χ3v) is 6.71. The molecule has 0 atom stereocenters. The van der Waals surface area contributed by atoms with Crippen LogP contribution in [-0.4, -0.2) is 357 Å². The first-order chi connectivity index (χ1) is 34.9. The quantitative estimate of drug-likeness (QED) is 0.0297. The molecule has 74 heavy (non-hydrogen) atoms. The highest BCUT2D eigenvalue weighted by Gasteiger charge is 1.99. The Morgan fingerprint density at radius 1 is 0.230 bits per heavy atom. The topological polar surface area (TPSA) is 644 Å². The van der Waals surface area contributed by atoms with Crippen molar-refractivity contribution in [3.8, 4) is 0 Å². The molecule has 464 valence electrons. The van der Waals surface area contributed by atoms with E-state index < -0.39 is 67.0 Å². The predicted molar refractivity (Wildman–Crippen MR) is 261 cm³/mol. The number of rotatable bonds is 30. The van der Waals surface area contributed by atoms with Gasteiger partial charge in [0.25, 0.3) is 0 Å². The number of unbranched alkanes of at least 4 members (excludes halogenated alkanes) is 8. The van der Waals surface area contributed by atoms with E-state index >= 15 is 0 Å². The third-order valence-electron chi connectivity index (χ3n) is 6.71. The molecule has 0 aromatic carbocycles. The number of aliphatic hydroxyl groups excluding tert-OH is 30. The molecule has 0 amide bonds. The van der Waals surface area contributed by atoms with Crippen LogP contribution in [0.25, 0.3) is 0 Å². The number of carbonyl (C=O) groups is 1. The maximum absolute atomic E-state index is 10.2. The second-order valence-electron chi connectivity index (χ2n) is 14.2. The van der Waals surface area contributed by atoms with Gasteiger partial charge in [0, 0.05) is 6.42 Å². The van der Waals surface area contributed by atoms with Gasteiger partial charge in [-0.25, -0.2) is 0 Å². The van der Waals surface area contributed by atoms with Crippen molar-refractivity contribution < 1.29 is 163 Å². The van der Waals surface area contributed by atoms with E-state index in [-0.39, 0.29) is 132 Å². The zero-order chi connectivity index (χ0) is 60.6. The van der Waals surface area contributed by atoms with Gasteiger partial charge in [0.15, 0.2) is 0 Å². The zero-order valence-corrected chi connectivity index (χ0v) is 42.8. The maximum atomic E-state index is 10.2. The van der Waals surface area contributed by atoms with Gasteiger partial charge < -0.3 is 158 Å². The van der Waals surface area contributed by atoms with Gasteiger partial charge in [-0.3, -0.25) is 4.79 Å². The van der Waals surface area contributed by atoms with Crippen molar-refractivity contribution in [3.05, 3.63) is 0 Å². The van der Waals surface area contributed by atoms with Crippen LogP contribution in [0.1, 0.15) is 71.1 Å². The fraction of sp³-hybridized carbons (Fsp3) is 0.976. The van der Waals surface area contributed by atoms with Crippen LogP contribution in [0.3, 0.4) is 0 Å². The van der Waals surface area contributed by atoms with Gasteiger partial charge in [-0.2, -0.15) is 0 Å². The minimum absolute atomic E-state index is 0.343. The lowest BCUT2D eigenvalue weighted by Crippen LogP contribution is -2.15. The highest BCUT2D eigenvalue weighted by atomic mass is 16.4. The molecule has 0 saturated carbocycles. The van der Waals surface area contributed by atoms with Crippen LogP contribution < -0.4 is 0 Å². The van der Waals surface area contributed by atoms with Gasteiger partial charge >= 0.3 is 5.97 Å². The Bertz CT molecular complexity index is 661. The molecular formula is C42H104O32. The van der Waals surface area contributed by atoms with Crippen molar-refractivity contribution in [3.63, 3.8) is 0 Å². The first-order valence-electron chi connectivity index (χ1n) is 23.1. The first-order valence-corrected chi connectivity index (χ1v) is 23.1. The fourth-order valence-corrected chi connectivity index (χ4v) is 2.16. The number of carboxylic acid groups (broad SMARTS) is 1. The van der Waals surface area contributed by atoms with Crippen LogP contribution in [0.2, 0.25) is 0 Å². The lowest BCUT2D eigenvalue weighted by atomic mass is 10.1. The molecule has 0 radical (unpaired) electrons. The summed E-state index contributed by atoms with van der Waals surface area (Å²) in [7, 11) is 0. The maximum Gasteiger partial charge on any atom is 0.303 e. The molecule has 0 spiro atoms. The Kier molecular flexibility index (Phi) is 124. The number of hydrogen-bond donors (Lipinski definition) is 31. The number of carboxylic acids is 1. The highest BCUT2D eigenvalue weighted by Crippen LogP contribution is 2.10. The van der Waals surface area contributed by atoms with E-state index in [4.69, 9.17) is 158 Å². The minimum Gasteiger partial charge on any atom is -0.481 e. The number of aliphatic hydroxyl groups is 30. The molecule has 0 aromatic heterocycles. The second-order valence-corrected chi connectivity index (χ2v) is 14.2. The zero-order valence-electron chi connectivity index (χ0n) is 42.8. The summed E-state index contributed by atoms with van der Waals surface area (Å²) in [6.07, 6.45) is 1.94. The molecule has 31 N–H and O–H groups in total. The van der Waals surface area contributed by atoms with Crippen molar-refractivity contribution in [2.75, 3.05) is 132 Å². The largest absolute Gasteiger partial charge is 0.481 e. The second kappa shape index (κ2) is 93.7. The van der Waals surface area contributed by atoms with E-state index in [1.54, 1.807) is 0 Å². The Labute approximate surface area is 433 Å². The molecule has 0 aliphatic carbocycles. The SMILES string of the molecule is CCCCCCCCCCCC(=O)O.OCC(O)CO.OCC(O)CO.OCC(O)CO.OCC(O)CO.OCC(O)CO.OCC(O)CO.OCC(O)CO.OCC(O)CO.OCC(O)CO.OCC(O)CO. The summed E-state index contributed by atoms with van der Waals surface area (Å²) in [6, 6.07) is 0. The monoisotopic (exact) mass is 1120 g/mol. The van der Waals surface area contributed by atoms with E-state index in [1.807, 2.05) is 0 Å². The van der Waals surface area contributed by atoms with E-state index in [9.17, 15) is 4.79 Å². The normalized spacial score (nSPS) is 10.1. The molecule has 32 nitrogen and oxygen atoms in total. The summed E-state index contributed by atoms with van der Waals surface area (Å²) in [4.78, 5) is 10.2. The van der Waals surface area contributed by atoms with Gasteiger partial charge in [-0.1, -0.05) is 58.3 Å². The summed E-state index contributed by atoms with van der Waals surface area (Å²) >= 11 is 0. The average Bonchev–Trinajstić information content (AvgIpc) is 3.45. The van der Waals surface area contributed by atoms with Crippen molar-refractivity contribution >= 4 is 5.97 Å². The summed E-state index contributed by atoms with van der Waals surface area (Å²) in [6.45, 7) is -5.06. The summed E-state index contributed by atoms with van der Waals surface area (Å²) in [5.74, 6) is -0.659. The van der Waals surface area contributed by atoms with Crippen molar-refractivity contribution in [1.29, 1.82) is 0 Å². The molecule has 0 saturated heterocycles. The van der Waals surface area contributed by atoms with Crippen LogP contribution in [-0.2, 0) is 4.79 Å². The minimum atomic E-state index is -0.954. The van der Waals surface area contributed by atoms with Crippen LogP contribution in [0.5, 0.6) is 0 Å². The molecular weight excluding hydrogens is 1020 g/mol. The number of hydrogen-bond acceptors (Lipinski definition) is 31. The molecule has 0 bridgehead atoms. The Morgan fingerprint density at radius 2 is 0.338 bits per heavy atom. The Morgan fingerprint density at radius 3 is 0.419 bits per heavy atom. The molecule has 0 rings (SSSR count). The molecule has 0 aliphatic rings. The molecule has 0 fully saturated rings. The summed E-state index contributed by atoms with van der Waals surface area (Å²) < 4.78 is 0. The van der Waals surface area contributed by atoms with Crippen LogP contribution in [0, 0.1) is 0 Å². The smallest absolute Gasteiger partial charge is 0.303 e. The Hall–Kier alpha value is -1.73. The first kappa shape index (κ1) is 97.8. The molecule has 0 aliphatic heterocycles. The lowest BCUT2D eigenvalue weighted by molar-refractivity contribution is -0.137. The van der Waals surface area contributed by atoms with Crippen LogP contribution >= 0.6 is 0 Å². The van der Waals surface area contributed by atoms with E-state index in [2.05, 4.69) is 6.92 Å². The van der Waals surface area contributed by atoms with Gasteiger partial charge in [0.05, 0.1) is 132 Å². The number of aliphatic carboxylic acids is 1. The van der Waals surface area contributed by atoms with E-state index in [1.165, 1.54) is 44.9 Å². The van der Waals surface area contributed by atoms with Gasteiger partial charge in [0.1, 0.15) is 61.0 Å². The van der Waals surface area contributed by atoms with Crippen molar-refractivity contribution in [1.82, 2.24) is 0 Å². The molecule has 0 unspecified atom stereocenters. The predicted octanol–water partition coefficient (Wildman–Crippen LogP) is -12.7. The van der Waals surface area contributed by atoms with Crippen LogP contribution in [0.15, 0.2) is 0 Å². The molecule has 0 heterocycles. The summed E-state index contributed by atoms with van der Waals surface area (Å²) in [5, 5.41) is 249. The fourth-order valence-electron chi connectivity index (χ4n) is 2.16. The van der Waals surface area contributed by atoms with Gasteiger partial charge in [-0.05, 0) is 6.42 Å². The average molecular weight is 1120 g/mol. The Balaban J connectivity index is -0.0000000666. The van der Waals surface area contributed by atoms with E-state index in [0.29, 0.717) is 6.42 Å². The van der Waals surface area contributed by atoms with Crippen molar-refractivity contribution in [2.24, 2.45) is 0 Å². The molecule has 32 heteroatoms. The third kappa shape index (κ3) is 139. The summed E-state index contributed by atoms with van der Waals surface area (Å²) in [5.41, 5.74) is 0.